The zero-order valence-electron chi connectivity index (χ0n) is 14.5. The number of nitrogens with one attached hydrogen (secondary N) is 2. The minimum atomic E-state index is -0.786. The monoisotopic (exact) mass is 332 g/mol. The molecule has 3 N–H and O–H groups in total. The lowest BCUT2D eigenvalue weighted by atomic mass is 10.00. The molecule has 0 bridgehead atoms. The molecule has 0 radical (unpaired) electrons. The zero-order chi connectivity index (χ0) is 17.6. The van der Waals surface area contributed by atoms with Crippen LogP contribution in [0, 0.1) is 5.92 Å². The Morgan fingerprint density at radius 3 is 2.38 bits per heavy atom. The van der Waals surface area contributed by atoms with Crippen LogP contribution in [0.15, 0.2) is 30.3 Å². The van der Waals surface area contributed by atoms with Gasteiger partial charge < -0.3 is 15.7 Å². The molecule has 0 aliphatic heterocycles. The van der Waals surface area contributed by atoms with Crippen LogP contribution >= 0.6 is 0 Å². The van der Waals surface area contributed by atoms with Crippen molar-refractivity contribution in [1.29, 1.82) is 0 Å². The Hall–Kier alpha value is -1.88. The summed E-state index contributed by atoms with van der Waals surface area (Å²) in [5.74, 6) is -0.427. The van der Waals surface area contributed by atoms with Gasteiger partial charge in [-0.2, -0.15) is 0 Å². The Labute approximate surface area is 143 Å². The Morgan fingerprint density at radius 2 is 1.79 bits per heavy atom. The molecule has 1 aliphatic rings. The second-order valence-electron chi connectivity index (χ2n) is 7.10. The first kappa shape index (κ1) is 18.5. The van der Waals surface area contributed by atoms with Crippen molar-refractivity contribution in [3.8, 4) is 0 Å². The number of rotatable bonds is 7. The maximum Gasteiger partial charge on any atom is 0.242 e. The molecule has 1 aromatic rings. The molecule has 24 heavy (non-hydrogen) atoms. The van der Waals surface area contributed by atoms with E-state index >= 15 is 0 Å². The van der Waals surface area contributed by atoms with E-state index in [9.17, 15) is 14.7 Å². The van der Waals surface area contributed by atoms with Gasteiger partial charge in [0.15, 0.2) is 0 Å². The molecule has 0 spiro atoms. The molecule has 5 nitrogen and oxygen atoms in total. The predicted molar refractivity (Wildman–Crippen MR) is 93.3 cm³/mol. The Kier molecular flexibility index (Phi) is 6.37. The van der Waals surface area contributed by atoms with E-state index in [0.29, 0.717) is 0 Å². The van der Waals surface area contributed by atoms with Crippen LogP contribution in [0.5, 0.6) is 0 Å². The summed E-state index contributed by atoms with van der Waals surface area (Å²) in [6.45, 7) is 4.05. The van der Waals surface area contributed by atoms with E-state index in [2.05, 4.69) is 10.6 Å². The van der Waals surface area contributed by atoms with Gasteiger partial charge in [0, 0.05) is 6.54 Å². The maximum atomic E-state index is 12.4. The zero-order valence-corrected chi connectivity index (χ0v) is 14.5. The third-order valence-electron chi connectivity index (χ3n) is 4.60. The van der Waals surface area contributed by atoms with Crippen LogP contribution in [-0.2, 0) is 16.0 Å². The number of carbonyl (C=O) groups is 2. The van der Waals surface area contributed by atoms with E-state index in [0.717, 1.165) is 31.2 Å². The van der Waals surface area contributed by atoms with Crippen LogP contribution in [0.4, 0.5) is 0 Å². The van der Waals surface area contributed by atoms with E-state index < -0.39 is 11.6 Å². The van der Waals surface area contributed by atoms with Gasteiger partial charge in [-0.3, -0.25) is 9.59 Å². The van der Waals surface area contributed by atoms with Crippen molar-refractivity contribution in [2.24, 2.45) is 5.92 Å². The molecule has 1 fully saturated rings. The molecule has 132 valence electrons. The van der Waals surface area contributed by atoms with Crippen LogP contribution in [0.1, 0.15) is 45.1 Å². The van der Waals surface area contributed by atoms with Crippen molar-refractivity contribution in [3.05, 3.63) is 35.9 Å². The summed E-state index contributed by atoms with van der Waals surface area (Å²) in [6, 6.07) is 8.86. The molecule has 1 saturated carbocycles. The van der Waals surface area contributed by atoms with Crippen LogP contribution in [0.2, 0.25) is 0 Å². The Bertz CT molecular complexity index is 551. The third-order valence-corrected chi connectivity index (χ3v) is 4.60. The van der Waals surface area contributed by atoms with E-state index in [4.69, 9.17) is 0 Å². The van der Waals surface area contributed by atoms with Crippen molar-refractivity contribution >= 4 is 11.8 Å². The summed E-state index contributed by atoms with van der Waals surface area (Å²) in [5, 5.41) is 16.0. The fraction of sp³-hybridized carbons (Fsp3) is 0.579. The number of amides is 2. The molecule has 0 saturated heterocycles. The number of carbonyl (C=O) groups excluding carboxylic acids is 2. The van der Waals surface area contributed by atoms with E-state index in [1.165, 1.54) is 0 Å². The van der Waals surface area contributed by atoms with Crippen molar-refractivity contribution in [3.63, 3.8) is 0 Å². The molecule has 2 amide bonds. The minimum absolute atomic E-state index is 0.0251. The average Bonchev–Trinajstić information content (AvgIpc) is 2.98. The quantitative estimate of drug-likeness (QED) is 0.712. The average molecular weight is 332 g/mol. The number of hydrogen-bond donors (Lipinski definition) is 3. The van der Waals surface area contributed by atoms with Crippen LogP contribution < -0.4 is 10.6 Å². The van der Waals surface area contributed by atoms with Crippen molar-refractivity contribution < 1.29 is 14.7 Å². The van der Waals surface area contributed by atoms with Gasteiger partial charge in [-0.1, -0.05) is 57.0 Å². The largest absolute Gasteiger partial charge is 0.388 e. The summed E-state index contributed by atoms with van der Waals surface area (Å²) in [5.41, 5.74) is 0.129. The topological polar surface area (TPSA) is 78.4 Å². The van der Waals surface area contributed by atoms with Crippen LogP contribution in [0.3, 0.4) is 0 Å². The minimum Gasteiger partial charge on any atom is -0.388 e. The lowest BCUT2D eigenvalue weighted by Gasteiger charge is -2.26. The highest BCUT2D eigenvalue weighted by Gasteiger charge is 2.33. The van der Waals surface area contributed by atoms with Crippen molar-refractivity contribution in [2.45, 2.75) is 57.6 Å². The summed E-state index contributed by atoms with van der Waals surface area (Å²) < 4.78 is 0. The molecule has 5 heteroatoms. The molecule has 1 aliphatic carbocycles. The first-order valence-corrected chi connectivity index (χ1v) is 8.73. The molecule has 0 aromatic heterocycles. The molecule has 1 aromatic carbocycles. The van der Waals surface area contributed by atoms with E-state index in [1.807, 2.05) is 44.2 Å². The summed E-state index contributed by atoms with van der Waals surface area (Å²) in [4.78, 5) is 24.6. The molecule has 2 rings (SSSR count). The van der Waals surface area contributed by atoms with Gasteiger partial charge in [-0.25, -0.2) is 0 Å². The molecule has 1 unspecified atom stereocenters. The Balaban J connectivity index is 1.88. The van der Waals surface area contributed by atoms with Gasteiger partial charge in [-0.05, 0) is 24.3 Å². The molecular formula is C19H28N2O3. The fourth-order valence-electron chi connectivity index (χ4n) is 3.11. The molecular weight excluding hydrogens is 304 g/mol. The highest BCUT2D eigenvalue weighted by molar-refractivity contribution is 5.88. The number of aliphatic hydroxyl groups is 1. The standard InChI is InChI=1S/C19H28N2O3/c1-14(2)17(18(23)20-13-19(24)10-6-7-11-19)21-16(22)12-15-8-4-3-5-9-15/h3-5,8-9,14,17,24H,6-7,10-13H2,1-2H3,(H,20,23)(H,21,22). The van der Waals surface area contributed by atoms with Gasteiger partial charge in [0.1, 0.15) is 6.04 Å². The maximum absolute atomic E-state index is 12.4. The summed E-state index contributed by atoms with van der Waals surface area (Å²) >= 11 is 0. The molecule has 0 heterocycles. The summed E-state index contributed by atoms with van der Waals surface area (Å²) in [6.07, 6.45) is 3.68. The van der Waals surface area contributed by atoms with Crippen LogP contribution in [0.25, 0.3) is 0 Å². The fourth-order valence-corrected chi connectivity index (χ4v) is 3.11. The highest BCUT2D eigenvalue weighted by atomic mass is 16.3. The number of hydrogen-bond acceptors (Lipinski definition) is 3. The number of benzene rings is 1. The predicted octanol–water partition coefficient (Wildman–Crippen LogP) is 1.79. The Morgan fingerprint density at radius 1 is 1.17 bits per heavy atom. The second kappa shape index (κ2) is 8.29. The SMILES string of the molecule is CC(C)C(NC(=O)Cc1ccccc1)C(=O)NCC1(O)CCCC1. The molecule has 1 atom stereocenters. The van der Waals surface area contributed by atoms with Gasteiger partial charge in [-0.15, -0.1) is 0 Å². The first-order chi connectivity index (χ1) is 11.4. The summed E-state index contributed by atoms with van der Waals surface area (Å²) in [7, 11) is 0. The van der Waals surface area contributed by atoms with Crippen molar-refractivity contribution in [1.82, 2.24) is 10.6 Å². The lowest BCUT2D eigenvalue weighted by molar-refractivity contribution is -0.130. The van der Waals surface area contributed by atoms with Crippen molar-refractivity contribution in [2.75, 3.05) is 6.54 Å². The van der Waals surface area contributed by atoms with E-state index in [-0.39, 0.29) is 30.7 Å². The second-order valence-corrected chi connectivity index (χ2v) is 7.10. The first-order valence-electron chi connectivity index (χ1n) is 8.73. The highest BCUT2D eigenvalue weighted by Crippen LogP contribution is 2.28. The van der Waals surface area contributed by atoms with E-state index in [1.54, 1.807) is 0 Å². The van der Waals surface area contributed by atoms with Gasteiger partial charge in [0.2, 0.25) is 11.8 Å². The van der Waals surface area contributed by atoms with Gasteiger partial charge >= 0.3 is 0 Å². The normalized spacial score (nSPS) is 17.5. The smallest absolute Gasteiger partial charge is 0.242 e. The van der Waals surface area contributed by atoms with Gasteiger partial charge in [0.05, 0.1) is 12.0 Å². The van der Waals surface area contributed by atoms with Crippen LogP contribution in [-0.4, -0.2) is 35.1 Å². The van der Waals surface area contributed by atoms with Gasteiger partial charge in [0.25, 0.3) is 0 Å². The third kappa shape index (κ3) is 5.34. The lowest BCUT2D eigenvalue weighted by Crippen LogP contribution is -2.52.